The molecule has 0 aliphatic carbocycles. The molecule has 1 amide bonds. The van der Waals surface area contributed by atoms with Crippen LogP contribution in [0, 0.1) is 5.92 Å². The summed E-state index contributed by atoms with van der Waals surface area (Å²) < 4.78 is 5.52. The molecule has 126 valence electrons. The van der Waals surface area contributed by atoms with Crippen molar-refractivity contribution >= 4 is 11.6 Å². The Bertz CT molecular complexity index is 675. The van der Waals surface area contributed by atoms with Crippen LogP contribution in [0.5, 0.6) is 0 Å². The molecular formula is C19H22N2O3. The van der Waals surface area contributed by atoms with Crippen LogP contribution in [-0.2, 0) is 27.4 Å². The van der Waals surface area contributed by atoms with Gasteiger partial charge in [-0.05, 0) is 23.6 Å². The summed E-state index contributed by atoms with van der Waals surface area (Å²) in [5.41, 5.74) is 6.03. The monoisotopic (exact) mass is 326 g/mol. The summed E-state index contributed by atoms with van der Waals surface area (Å²) in [5.74, 6) is -0.247. The van der Waals surface area contributed by atoms with Crippen LogP contribution in [0.2, 0.25) is 0 Å². The van der Waals surface area contributed by atoms with Crippen molar-refractivity contribution in [1.29, 1.82) is 0 Å². The van der Waals surface area contributed by atoms with Crippen molar-refractivity contribution in [2.24, 2.45) is 5.92 Å². The number of carbonyl (C=O) groups is 1. The standard InChI is InChI=1S/C19H22N2O3/c1-23-18(12-20-24-13-14-7-3-2-4-8-14)16-11-15-9-5-6-10-17(15)21-19(16)22/h2-10,16,18,20H,11-13H2,1H3,(H,21,22)/t16-,18?/m0/s1. The molecule has 3 rings (SSSR count). The predicted molar refractivity (Wildman–Crippen MR) is 92.3 cm³/mol. The van der Waals surface area contributed by atoms with E-state index in [0.29, 0.717) is 19.6 Å². The van der Waals surface area contributed by atoms with Crippen molar-refractivity contribution < 1.29 is 14.4 Å². The van der Waals surface area contributed by atoms with Crippen molar-refractivity contribution in [3.63, 3.8) is 0 Å². The van der Waals surface area contributed by atoms with Gasteiger partial charge in [0.1, 0.15) is 0 Å². The number of amides is 1. The minimum atomic E-state index is -0.255. The van der Waals surface area contributed by atoms with Gasteiger partial charge >= 0.3 is 0 Å². The first-order valence-corrected chi connectivity index (χ1v) is 8.08. The van der Waals surface area contributed by atoms with Crippen LogP contribution in [0.25, 0.3) is 0 Å². The normalized spacial score (nSPS) is 17.9. The maximum atomic E-state index is 12.4. The van der Waals surface area contributed by atoms with Crippen LogP contribution in [-0.4, -0.2) is 25.7 Å². The van der Waals surface area contributed by atoms with E-state index in [4.69, 9.17) is 9.57 Å². The molecule has 0 spiro atoms. The van der Waals surface area contributed by atoms with E-state index < -0.39 is 0 Å². The van der Waals surface area contributed by atoms with Gasteiger partial charge < -0.3 is 10.1 Å². The van der Waals surface area contributed by atoms with E-state index in [2.05, 4.69) is 10.8 Å². The molecule has 2 aromatic carbocycles. The third-order valence-corrected chi connectivity index (χ3v) is 4.27. The zero-order chi connectivity index (χ0) is 16.8. The number of rotatable bonds is 7. The lowest BCUT2D eigenvalue weighted by Gasteiger charge is -2.30. The van der Waals surface area contributed by atoms with Crippen LogP contribution >= 0.6 is 0 Å². The minimum absolute atomic E-state index is 0.00888. The number of methoxy groups -OCH3 is 1. The highest BCUT2D eigenvalue weighted by Crippen LogP contribution is 2.27. The number of hydrogen-bond donors (Lipinski definition) is 2. The van der Waals surface area contributed by atoms with E-state index in [1.165, 1.54) is 0 Å². The minimum Gasteiger partial charge on any atom is -0.379 e. The largest absolute Gasteiger partial charge is 0.379 e. The van der Waals surface area contributed by atoms with E-state index in [1.54, 1.807) is 7.11 Å². The van der Waals surface area contributed by atoms with Gasteiger partial charge in [-0.25, -0.2) is 0 Å². The number of ether oxygens (including phenoxy) is 1. The molecule has 5 heteroatoms. The van der Waals surface area contributed by atoms with Crippen LogP contribution in [0.3, 0.4) is 0 Å². The van der Waals surface area contributed by atoms with Gasteiger partial charge in [0.15, 0.2) is 0 Å². The molecule has 0 radical (unpaired) electrons. The maximum Gasteiger partial charge on any atom is 0.230 e. The molecule has 1 unspecified atom stereocenters. The molecule has 24 heavy (non-hydrogen) atoms. The quantitative estimate of drug-likeness (QED) is 0.606. The Labute approximate surface area is 141 Å². The van der Waals surface area contributed by atoms with Crippen molar-refractivity contribution in [1.82, 2.24) is 5.48 Å². The highest BCUT2D eigenvalue weighted by Gasteiger charge is 2.32. The molecule has 0 bridgehead atoms. The Kier molecular flexibility index (Phi) is 5.59. The van der Waals surface area contributed by atoms with Crippen LogP contribution in [0.4, 0.5) is 5.69 Å². The molecular weight excluding hydrogens is 304 g/mol. The molecule has 1 aliphatic rings. The molecule has 0 fully saturated rings. The van der Waals surface area contributed by atoms with E-state index in [9.17, 15) is 4.79 Å². The molecule has 2 atom stereocenters. The molecule has 1 aliphatic heterocycles. The summed E-state index contributed by atoms with van der Waals surface area (Å²) in [6.45, 7) is 0.917. The number of hydrogen-bond acceptors (Lipinski definition) is 4. The number of fused-ring (bicyclic) bond motifs is 1. The SMILES string of the molecule is COC(CNOCc1ccccc1)[C@@H]1Cc2ccccc2NC1=O. The Morgan fingerprint density at radius 1 is 1.17 bits per heavy atom. The van der Waals surface area contributed by atoms with Crippen LogP contribution in [0.1, 0.15) is 11.1 Å². The predicted octanol–water partition coefficient (Wildman–Crippen LogP) is 2.53. The fourth-order valence-corrected chi connectivity index (χ4v) is 2.92. The lowest BCUT2D eigenvalue weighted by atomic mass is 9.89. The van der Waals surface area contributed by atoms with E-state index in [1.807, 2.05) is 54.6 Å². The molecule has 0 aromatic heterocycles. The number of carbonyl (C=O) groups excluding carboxylic acids is 1. The van der Waals surface area contributed by atoms with Crippen molar-refractivity contribution in [3.05, 3.63) is 65.7 Å². The van der Waals surface area contributed by atoms with Crippen molar-refractivity contribution in [2.75, 3.05) is 19.0 Å². The first kappa shape index (κ1) is 16.6. The van der Waals surface area contributed by atoms with Gasteiger partial charge in [0, 0.05) is 19.3 Å². The summed E-state index contributed by atoms with van der Waals surface area (Å²) in [6, 6.07) is 17.8. The van der Waals surface area contributed by atoms with Gasteiger partial charge in [-0.2, -0.15) is 5.48 Å². The average molecular weight is 326 g/mol. The zero-order valence-corrected chi connectivity index (χ0v) is 13.7. The Morgan fingerprint density at radius 3 is 2.71 bits per heavy atom. The number of nitrogens with one attached hydrogen (secondary N) is 2. The first-order chi connectivity index (χ1) is 11.8. The van der Waals surface area contributed by atoms with Crippen LogP contribution in [0.15, 0.2) is 54.6 Å². The Morgan fingerprint density at radius 2 is 1.92 bits per heavy atom. The van der Waals surface area contributed by atoms with Gasteiger partial charge in [-0.15, -0.1) is 0 Å². The van der Waals surface area contributed by atoms with Gasteiger partial charge in [0.25, 0.3) is 0 Å². The van der Waals surface area contributed by atoms with Crippen LogP contribution < -0.4 is 10.8 Å². The first-order valence-electron chi connectivity index (χ1n) is 8.08. The van der Waals surface area contributed by atoms with Gasteiger partial charge in [0.2, 0.25) is 5.91 Å². The topological polar surface area (TPSA) is 59.6 Å². The summed E-state index contributed by atoms with van der Waals surface area (Å²) in [4.78, 5) is 17.8. The summed E-state index contributed by atoms with van der Waals surface area (Å²) in [5, 5.41) is 2.95. The third kappa shape index (κ3) is 4.00. The molecule has 1 heterocycles. The van der Waals surface area contributed by atoms with Gasteiger partial charge in [-0.3, -0.25) is 9.63 Å². The zero-order valence-electron chi connectivity index (χ0n) is 13.7. The third-order valence-electron chi connectivity index (χ3n) is 4.27. The Balaban J connectivity index is 1.53. The summed E-state index contributed by atoms with van der Waals surface area (Å²) in [7, 11) is 1.62. The molecule has 0 saturated carbocycles. The number of hydroxylamine groups is 1. The summed E-state index contributed by atoms with van der Waals surface area (Å²) >= 11 is 0. The van der Waals surface area contributed by atoms with Gasteiger partial charge in [0.05, 0.1) is 18.6 Å². The lowest BCUT2D eigenvalue weighted by Crippen LogP contribution is -2.43. The van der Waals surface area contributed by atoms with Crippen molar-refractivity contribution in [3.8, 4) is 0 Å². The average Bonchev–Trinajstić information content (AvgIpc) is 2.62. The molecule has 2 aromatic rings. The smallest absolute Gasteiger partial charge is 0.230 e. The summed E-state index contributed by atoms with van der Waals surface area (Å²) in [6.07, 6.45) is 0.412. The second kappa shape index (κ2) is 8.06. The second-order valence-electron chi connectivity index (χ2n) is 5.85. The fraction of sp³-hybridized carbons (Fsp3) is 0.316. The number of benzene rings is 2. The second-order valence-corrected chi connectivity index (χ2v) is 5.85. The lowest BCUT2D eigenvalue weighted by molar-refractivity contribution is -0.125. The fourth-order valence-electron chi connectivity index (χ4n) is 2.92. The van der Waals surface area contributed by atoms with E-state index in [0.717, 1.165) is 16.8 Å². The molecule has 2 N–H and O–H groups in total. The molecule has 0 saturated heterocycles. The van der Waals surface area contributed by atoms with Gasteiger partial charge in [-0.1, -0.05) is 48.5 Å². The number of para-hydroxylation sites is 1. The highest BCUT2D eigenvalue weighted by molar-refractivity contribution is 5.96. The number of anilines is 1. The highest BCUT2D eigenvalue weighted by atomic mass is 16.6. The van der Waals surface area contributed by atoms with E-state index >= 15 is 0 Å². The van der Waals surface area contributed by atoms with E-state index in [-0.39, 0.29) is 17.9 Å². The maximum absolute atomic E-state index is 12.4. The molecule has 5 nitrogen and oxygen atoms in total. The Hall–Kier alpha value is -2.21. The van der Waals surface area contributed by atoms with Crippen molar-refractivity contribution in [2.45, 2.75) is 19.1 Å².